The Kier molecular flexibility index (Phi) is 2.60. The van der Waals surface area contributed by atoms with E-state index in [0.717, 1.165) is 6.42 Å². The normalized spacial score (nSPS) is 12.9. The van der Waals surface area contributed by atoms with Crippen LogP contribution in [0, 0.1) is 0 Å². The summed E-state index contributed by atoms with van der Waals surface area (Å²) in [4.78, 5) is 30.4. The summed E-state index contributed by atoms with van der Waals surface area (Å²) in [5, 5.41) is 0. The quantitative estimate of drug-likeness (QED) is 0.821. The molecular weight excluding hydrogens is 206 g/mol. The van der Waals surface area contributed by atoms with Crippen molar-refractivity contribution in [3.8, 4) is 0 Å². The number of H-pyrrole nitrogens is 1. The maximum Gasteiger partial charge on any atom is 0.329 e. The first-order chi connectivity index (χ1) is 7.65. The Morgan fingerprint density at radius 3 is 2.94 bits per heavy atom. The number of hydrogen-bond acceptors (Lipinski definition) is 3. The fourth-order valence-electron chi connectivity index (χ4n) is 1.64. The number of aromatic nitrogens is 3. The molecule has 0 aliphatic rings. The average Bonchev–Trinajstić information content (AvgIpc) is 2.28. The Hall–Kier alpha value is -1.91. The van der Waals surface area contributed by atoms with Crippen LogP contribution in [0.4, 0.5) is 0 Å². The molecule has 1 atom stereocenters. The maximum atomic E-state index is 12.0. The predicted octanol–water partition coefficient (Wildman–Crippen LogP) is 1.06. The Morgan fingerprint density at radius 1 is 1.50 bits per heavy atom. The molecule has 2 aromatic rings. The van der Waals surface area contributed by atoms with E-state index in [4.69, 9.17) is 0 Å². The Morgan fingerprint density at radius 2 is 2.25 bits per heavy atom. The van der Waals surface area contributed by atoms with Gasteiger partial charge in [-0.15, -0.1) is 0 Å². The van der Waals surface area contributed by atoms with E-state index in [1.807, 2.05) is 13.8 Å². The summed E-state index contributed by atoms with van der Waals surface area (Å²) in [5.41, 5.74) is 0.0907. The van der Waals surface area contributed by atoms with Gasteiger partial charge in [0.05, 0.1) is 5.52 Å². The number of pyridine rings is 1. The van der Waals surface area contributed by atoms with E-state index in [2.05, 4.69) is 9.97 Å². The van der Waals surface area contributed by atoms with Gasteiger partial charge < -0.3 is 4.98 Å². The molecular formula is C11H13N3O2. The van der Waals surface area contributed by atoms with Gasteiger partial charge in [-0.25, -0.2) is 9.78 Å². The van der Waals surface area contributed by atoms with Crippen molar-refractivity contribution in [2.45, 2.75) is 26.3 Å². The second-order valence-corrected chi connectivity index (χ2v) is 3.76. The van der Waals surface area contributed by atoms with Gasteiger partial charge in [-0.2, -0.15) is 0 Å². The number of hydrogen-bond donors (Lipinski definition) is 1. The second kappa shape index (κ2) is 3.92. The van der Waals surface area contributed by atoms with E-state index >= 15 is 0 Å². The smallest absolute Gasteiger partial charge is 0.305 e. The van der Waals surface area contributed by atoms with E-state index in [9.17, 15) is 9.59 Å². The fourth-order valence-corrected chi connectivity index (χ4v) is 1.64. The molecule has 1 unspecified atom stereocenters. The fraction of sp³-hybridized carbons (Fsp3) is 0.364. The summed E-state index contributed by atoms with van der Waals surface area (Å²) in [6.45, 7) is 3.77. The molecule has 0 aliphatic carbocycles. The van der Waals surface area contributed by atoms with Crippen LogP contribution < -0.4 is 11.2 Å². The lowest BCUT2D eigenvalue weighted by Gasteiger charge is -2.11. The number of aromatic amines is 1. The van der Waals surface area contributed by atoms with Crippen LogP contribution in [0.2, 0.25) is 0 Å². The highest BCUT2D eigenvalue weighted by Gasteiger charge is 2.12. The molecule has 0 amide bonds. The van der Waals surface area contributed by atoms with Crippen molar-refractivity contribution in [3.05, 3.63) is 39.2 Å². The average molecular weight is 219 g/mol. The van der Waals surface area contributed by atoms with Crippen LogP contribution in [0.1, 0.15) is 26.3 Å². The molecule has 0 spiro atoms. The molecule has 2 aromatic heterocycles. The van der Waals surface area contributed by atoms with Gasteiger partial charge >= 0.3 is 5.69 Å². The molecule has 16 heavy (non-hydrogen) atoms. The molecule has 0 aliphatic heterocycles. The lowest BCUT2D eigenvalue weighted by atomic mass is 10.2. The van der Waals surface area contributed by atoms with E-state index in [1.165, 1.54) is 4.57 Å². The van der Waals surface area contributed by atoms with Crippen LogP contribution in [0.25, 0.3) is 11.0 Å². The summed E-state index contributed by atoms with van der Waals surface area (Å²) in [7, 11) is 0. The van der Waals surface area contributed by atoms with E-state index in [0.29, 0.717) is 11.0 Å². The first-order valence-electron chi connectivity index (χ1n) is 5.24. The second-order valence-electron chi connectivity index (χ2n) is 3.76. The molecule has 0 bridgehead atoms. The first kappa shape index (κ1) is 10.6. The molecule has 2 heterocycles. The van der Waals surface area contributed by atoms with Crippen molar-refractivity contribution >= 4 is 11.0 Å². The zero-order valence-electron chi connectivity index (χ0n) is 9.23. The minimum Gasteiger partial charge on any atom is -0.305 e. The van der Waals surface area contributed by atoms with Crippen molar-refractivity contribution in [3.63, 3.8) is 0 Å². The third-order valence-electron chi connectivity index (χ3n) is 2.72. The zero-order chi connectivity index (χ0) is 11.7. The van der Waals surface area contributed by atoms with Gasteiger partial charge in [0.2, 0.25) is 0 Å². The van der Waals surface area contributed by atoms with Gasteiger partial charge in [-0.1, -0.05) is 6.92 Å². The van der Waals surface area contributed by atoms with Gasteiger partial charge in [0.25, 0.3) is 5.56 Å². The van der Waals surface area contributed by atoms with Crippen LogP contribution in [-0.2, 0) is 0 Å². The van der Waals surface area contributed by atoms with Crippen LogP contribution in [0.15, 0.2) is 27.9 Å². The van der Waals surface area contributed by atoms with Crippen LogP contribution in [0.3, 0.4) is 0 Å². The maximum absolute atomic E-state index is 12.0. The lowest BCUT2D eigenvalue weighted by molar-refractivity contribution is 0.494. The van der Waals surface area contributed by atoms with Crippen LogP contribution in [-0.4, -0.2) is 14.5 Å². The standard InChI is InChI=1S/C11H13N3O2/c1-3-7(2)14-10(15)9-8(13-11(14)16)5-4-6-12-9/h4-7H,3H2,1-2H3,(H,13,16). The predicted molar refractivity (Wildman–Crippen MR) is 61.6 cm³/mol. The number of nitrogens with one attached hydrogen (secondary N) is 1. The van der Waals surface area contributed by atoms with Crippen molar-refractivity contribution in [1.29, 1.82) is 0 Å². The molecule has 0 radical (unpaired) electrons. The minimum atomic E-state index is -0.375. The molecule has 5 heteroatoms. The first-order valence-corrected chi connectivity index (χ1v) is 5.24. The summed E-state index contributed by atoms with van der Waals surface area (Å²) in [5.74, 6) is 0. The summed E-state index contributed by atoms with van der Waals surface area (Å²) >= 11 is 0. The third-order valence-corrected chi connectivity index (χ3v) is 2.72. The largest absolute Gasteiger partial charge is 0.329 e. The van der Waals surface area contributed by atoms with Gasteiger partial charge in [-0.3, -0.25) is 9.36 Å². The van der Waals surface area contributed by atoms with Gasteiger partial charge in [0, 0.05) is 12.2 Å². The van der Waals surface area contributed by atoms with E-state index in [-0.39, 0.29) is 17.3 Å². The summed E-state index contributed by atoms with van der Waals surface area (Å²) < 4.78 is 1.22. The highest BCUT2D eigenvalue weighted by Crippen LogP contribution is 2.05. The summed E-state index contributed by atoms with van der Waals surface area (Å²) in [6.07, 6.45) is 2.27. The highest BCUT2D eigenvalue weighted by atomic mass is 16.2. The molecule has 5 nitrogen and oxygen atoms in total. The molecule has 2 rings (SSSR count). The highest BCUT2D eigenvalue weighted by molar-refractivity contribution is 5.71. The molecule has 0 saturated carbocycles. The Bertz CT molecular complexity index is 627. The third kappa shape index (κ3) is 1.54. The number of rotatable bonds is 2. The minimum absolute atomic E-state index is 0.123. The van der Waals surface area contributed by atoms with Gasteiger partial charge in [0.1, 0.15) is 0 Å². The zero-order valence-corrected chi connectivity index (χ0v) is 9.23. The van der Waals surface area contributed by atoms with Gasteiger partial charge in [-0.05, 0) is 25.5 Å². The summed E-state index contributed by atoms with van der Waals surface area (Å²) in [6, 6.07) is 3.24. The van der Waals surface area contributed by atoms with E-state index in [1.54, 1.807) is 18.3 Å². The number of nitrogens with zero attached hydrogens (tertiary/aromatic N) is 2. The monoisotopic (exact) mass is 219 g/mol. The molecule has 1 N–H and O–H groups in total. The van der Waals surface area contributed by atoms with Crippen LogP contribution in [0.5, 0.6) is 0 Å². The topological polar surface area (TPSA) is 67.8 Å². The van der Waals surface area contributed by atoms with Crippen molar-refractivity contribution in [2.75, 3.05) is 0 Å². The molecule has 84 valence electrons. The molecule has 0 aromatic carbocycles. The Labute approximate surface area is 91.8 Å². The van der Waals surface area contributed by atoms with Crippen molar-refractivity contribution in [2.24, 2.45) is 0 Å². The SMILES string of the molecule is CCC(C)n1c(=O)[nH]c2cccnc2c1=O. The van der Waals surface area contributed by atoms with Crippen molar-refractivity contribution < 1.29 is 0 Å². The van der Waals surface area contributed by atoms with Crippen LogP contribution >= 0.6 is 0 Å². The van der Waals surface area contributed by atoms with E-state index < -0.39 is 0 Å². The lowest BCUT2D eigenvalue weighted by Crippen LogP contribution is -2.37. The van der Waals surface area contributed by atoms with Gasteiger partial charge in [0.15, 0.2) is 5.52 Å². The Balaban J connectivity index is 2.87. The molecule has 0 saturated heterocycles. The number of fused-ring (bicyclic) bond motifs is 1. The van der Waals surface area contributed by atoms with Crippen molar-refractivity contribution in [1.82, 2.24) is 14.5 Å². The molecule has 0 fully saturated rings.